The van der Waals surface area contributed by atoms with Crippen LogP contribution in [0.1, 0.15) is 28.1 Å². The van der Waals surface area contributed by atoms with Crippen LogP contribution in [0.4, 0.5) is 11.5 Å². The van der Waals surface area contributed by atoms with Crippen LogP contribution in [0.3, 0.4) is 0 Å². The molecule has 3 rings (SSSR count). The largest absolute Gasteiger partial charge is 0.383 e. The number of nitrogens with two attached hydrogens (primary N) is 1. The molecule has 7 nitrogen and oxygen atoms in total. The number of nitrogens with one attached hydrogen (secondary N) is 2. The highest BCUT2D eigenvalue weighted by atomic mass is 32.2. The Kier molecular flexibility index (Phi) is 5.90. The molecule has 0 spiro atoms. The number of nitrogens with zero attached hydrogens (tertiary/aromatic N) is 1. The number of hydrogen-bond acceptors (Lipinski definition) is 6. The molecule has 0 unspecified atom stereocenters. The van der Waals surface area contributed by atoms with Gasteiger partial charge in [-0.2, -0.15) is 0 Å². The molecule has 3 aromatic rings. The Bertz CT molecular complexity index is 1070. The zero-order chi connectivity index (χ0) is 20.1. The maximum Gasteiger partial charge on any atom is 0.253 e. The predicted octanol–water partition coefficient (Wildman–Crippen LogP) is 3.03. The van der Waals surface area contributed by atoms with Crippen LogP contribution in [0.15, 0.2) is 70.6 Å². The molecule has 0 radical (unpaired) electrons. The number of aromatic nitrogens is 2. The zero-order valence-electron chi connectivity index (χ0n) is 15.0. The normalized spacial score (nSPS) is 11.6. The summed E-state index contributed by atoms with van der Waals surface area (Å²) < 4.78 is 0. The van der Waals surface area contributed by atoms with Gasteiger partial charge in [-0.05, 0) is 24.6 Å². The summed E-state index contributed by atoms with van der Waals surface area (Å²) in [7, 11) is 0. The Balaban J connectivity index is 1.90. The van der Waals surface area contributed by atoms with Crippen molar-refractivity contribution < 1.29 is 9.59 Å². The number of aromatic amines is 1. The molecule has 1 amide bonds. The molecule has 1 heterocycles. The van der Waals surface area contributed by atoms with E-state index < -0.39 is 10.8 Å². The number of ketones is 1. The molecule has 28 heavy (non-hydrogen) atoms. The summed E-state index contributed by atoms with van der Waals surface area (Å²) in [5, 5.41) is 2.38. The Morgan fingerprint density at radius 3 is 2.54 bits per heavy atom. The van der Waals surface area contributed by atoms with Crippen molar-refractivity contribution in [1.82, 2.24) is 9.97 Å². The predicted molar refractivity (Wildman–Crippen MR) is 109 cm³/mol. The van der Waals surface area contributed by atoms with Gasteiger partial charge in [0.2, 0.25) is 5.91 Å². The van der Waals surface area contributed by atoms with E-state index in [0.717, 1.165) is 17.3 Å². The minimum atomic E-state index is -0.688. The second-order valence-electron chi connectivity index (χ2n) is 6.01. The van der Waals surface area contributed by atoms with Gasteiger partial charge < -0.3 is 16.0 Å². The van der Waals surface area contributed by atoms with Crippen LogP contribution >= 0.6 is 11.8 Å². The molecule has 0 aliphatic rings. The lowest BCUT2D eigenvalue weighted by Crippen LogP contribution is -2.20. The van der Waals surface area contributed by atoms with Gasteiger partial charge in [-0.25, -0.2) is 4.98 Å². The van der Waals surface area contributed by atoms with Crippen LogP contribution in [0.25, 0.3) is 0 Å². The van der Waals surface area contributed by atoms with Gasteiger partial charge in [0.25, 0.3) is 5.56 Å². The van der Waals surface area contributed by atoms with Crippen molar-refractivity contribution in [1.29, 1.82) is 0 Å². The van der Waals surface area contributed by atoms with Gasteiger partial charge in [0, 0.05) is 17.3 Å². The number of hydrogen-bond donors (Lipinski definition) is 3. The molecule has 142 valence electrons. The van der Waals surface area contributed by atoms with E-state index in [1.165, 1.54) is 13.0 Å². The van der Waals surface area contributed by atoms with E-state index in [4.69, 9.17) is 5.73 Å². The van der Waals surface area contributed by atoms with E-state index in [-0.39, 0.29) is 22.7 Å². The standard InChI is InChI=1S/C20H18N4O3S/c1-12(25)14-8-5-9-15(10-14)22-19(27)18(13-6-3-2-4-7-13)28-20-23-16(21)11-17(26)24-20/h2-11,18H,1H3,(H,22,27)(H3,21,23,24,26)/t18-/m1/s1. The van der Waals surface area contributed by atoms with Crippen molar-refractivity contribution in [2.75, 3.05) is 11.1 Å². The minimum Gasteiger partial charge on any atom is -0.383 e. The Morgan fingerprint density at radius 1 is 1.11 bits per heavy atom. The highest BCUT2D eigenvalue weighted by Gasteiger charge is 2.23. The highest BCUT2D eigenvalue weighted by molar-refractivity contribution is 8.00. The van der Waals surface area contributed by atoms with Crippen molar-refractivity contribution >= 4 is 35.0 Å². The van der Waals surface area contributed by atoms with Crippen molar-refractivity contribution in [3.8, 4) is 0 Å². The molecule has 1 aromatic heterocycles. The molecular weight excluding hydrogens is 376 g/mol. The number of carbonyl (C=O) groups excluding carboxylic acids is 2. The summed E-state index contributed by atoms with van der Waals surface area (Å²) in [6.45, 7) is 1.46. The van der Waals surface area contributed by atoms with E-state index in [1.807, 2.05) is 30.3 Å². The number of thioether (sulfide) groups is 1. The maximum atomic E-state index is 13.0. The van der Waals surface area contributed by atoms with Crippen molar-refractivity contribution in [2.24, 2.45) is 0 Å². The van der Waals surface area contributed by atoms with E-state index in [9.17, 15) is 14.4 Å². The molecule has 0 fully saturated rings. The van der Waals surface area contributed by atoms with Gasteiger partial charge >= 0.3 is 0 Å². The number of H-pyrrole nitrogens is 1. The SMILES string of the molecule is CC(=O)c1cccc(NC(=O)[C@H](Sc2nc(N)cc(=O)[nH]2)c2ccccc2)c1. The highest BCUT2D eigenvalue weighted by Crippen LogP contribution is 2.34. The minimum absolute atomic E-state index is 0.0765. The van der Waals surface area contributed by atoms with Crippen LogP contribution in [-0.2, 0) is 4.79 Å². The van der Waals surface area contributed by atoms with Crippen LogP contribution in [0.5, 0.6) is 0 Å². The van der Waals surface area contributed by atoms with Gasteiger partial charge in [-0.3, -0.25) is 14.4 Å². The summed E-state index contributed by atoms with van der Waals surface area (Å²) in [6.07, 6.45) is 0. The average Bonchev–Trinajstić information content (AvgIpc) is 2.66. The van der Waals surface area contributed by atoms with E-state index in [2.05, 4.69) is 15.3 Å². The smallest absolute Gasteiger partial charge is 0.253 e. The lowest BCUT2D eigenvalue weighted by atomic mass is 10.1. The lowest BCUT2D eigenvalue weighted by Gasteiger charge is -2.17. The Labute approximate surface area is 165 Å². The van der Waals surface area contributed by atoms with Gasteiger partial charge in [0.05, 0.1) is 0 Å². The van der Waals surface area contributed by atoms with Gasteiger partial charge in [-0.15, -0.1) is 0 Å². The number of amides is 1. The summed E-state index contributed by atoms with van der Waals surface area (Å²) in [5.74, 6) is -0.332. The number of carbonyl (C=O) groups is 2. The molecule has 1 atom stereocenters. The molecule has 0 saturated heterocycles. The fourth-order valence-corrected chi connectivity index (χ4v) is 3.55. The average molecular weight is 394 g/mol. The van der Waals surface area contributed by atoms with Crippen LogP contribution < -0.4 is 16.6 Å². The summed E-state index contributed by atoms with van der Waals surface area (Å²) in [5.41, 5.74) is 6.99. The Hall–Kier alpha value is -3.39. The molecule has 0 bridgehead atoms. The second kappa shape index (κ2) is 8.53. The lowest BCUT2D eigenvalue weighted by molar-refractivity contribution is -0.115. The first-order valence-corrected chi connectivity index (χ1v) is 9.30. The van der Waals surface area contributed by atoms with E-state index >= 15 is 0 Å². The molecule has 0 aliphatic carbocycles. The number of Topliss-reactive ketones (excluding diaryl/α,β-unsaturated/α-hetero) is 1. The fraction of sp³-hybridized carbons (Fsp3) is 0.100. The topological polar surface area (TPSA) is 118 Å². The number of nitrogen functional groups attached to an aromatic ring is 1. The molecule has 4 N–H and O–H groups in total. The first-order chi connectivity index (χ1) is 13.4. The van der Waals surface area contributed by atoms with Crippen LogP contribution in [0.2, 0.25) is 0 Å². The second-order valence-corrected chi connectivity index (χ2v) is 7.10. The first kappa shape index (κ1) is 19.4. The molecule has 0 aliphatic heterocycles. The third kappa shape index (κ3) is 4.86. The van der Waals surface area contributed by atoms with Crippen LogP contribution in [0, 0.1) is 0 Å². The van der Waals surface area contributed by atoms with Gasteiger partial charge in [-0.1, -0.05) is 54.2 Å². The van der Waals surface area contributed by atoms with E-state index in [0.29, 0.717) is 11.3 Å². The number of benzene rings is 2. The fourth-order valence-electron chi connectivity index (χ4n) is 2.55. The zero-order valence-corrected chi connectivity index (χ0v) is 15.8. The number of anilines is 2. The van der Waals surface area contributed by atoms with Gasteiger partial charge in [0.1, 0.15) is 11.1 Å². The molecular formula is C20H18N4O3S. The quantitative estimate of drug-likeness (QED) is 0.336. The Morgan fingerprint density at radius 2 is 1.86 bits per heavy atom. The summed E-state index contributed by atoms with van der Waals surface area (Å²) in [4.78, 5) is 42.9. The van der Waals surface area contributed by atoms with Crippen molar-refractivity contribution in [3.63, 3.8) is 0 Å². The first-order valence-electron chi connectivity index (χ1n) is 8.42. The molecule has 8 heteroatoms. The van der Waals surface area contributed by atoms with Crippen LogP contribution in [-0.4, -0.2) is 21.7 Å². The van der Waals surface area contributed by atoms with Crippen molar-refractivity contribution in [3.05, 3.63) is 82.1 Å². The van der Waals surface area contributed by atoms with Gasteiger partial charge in [0.15, 0.2) is 10.9 Å². The monoisotopic (exact) mass is 394 g/mol. The third-order valence-corrected chi connectivity index (χ3v) is 4.98. The molecule has 2 aromatic carbocycles. The van der Waals surface area contributed by atoms with Crippen molar-refractivity contribution in [2.45, 2.75) is 17.3 Å². The molecule has 0 saturated carbocycles. The summed E-state index contributed by atoms with van der Waals surface area (Å²) in [6, 6.07) is 17.0. The third-order valence-electron chi connectivity index (χ3n) is 3.85. The van der Waals surface area contributed by atoms with E-state index in [1.54, 1.807) is 24.3 Å². The maximum absolute atomic E-state index is 13.0. The summed E-state index contributed by atoms with van der Waals surface area (Å²) >= 11 is 1.08. The number of rotatable bonds is 6.